The second kappa shape index (κ2) is 9.67. The summed E-state index contributed by atoms with van der Waals surface area (Å²) in [7, 11) is -1.08. The fourth-order valence-electron chi connectivity index (χ4n) is 3.68. The molecule has 1 aromatic rings. The van der Waals surface area contributed by atoms with Crippen LogP contribution in [-0.4, -0.2) is 81.6 Å². The van der Waals surface area contributed by atoms with E-state index in [1.807, 2.05) is 0 Å². The number of carbonyl (C=O) groups is 2. The van der Waals surface area contributed by atoms with Crippen LogP contribution in [0, 0.1) is 0 Å². The topological polar surface area (TPSA) is 125 Å². The molecule has 0 bridgehead atoms. The van der Waals surface area contributed by atoms with Crippen molar-refractivity contribution in [1.29, 1.82) is 0 Å². The SMILES string of the molecule is COC(=O)C1=C(Nc2cc(S(=O)(=O)N3CCCCC3)ccc2OC)C(=O)N(CCO)C1. The van der Waals surface area contributed by atoms with Crippen molar-refractivity contribution in [3.05, 3.63) is 29.5 Å². The largest absolute Gasteiger partial charge is 0.495 e. The Hall–Kier alpha value is -2.63. The molecule has 1 saturated heterocycles. The molecule has 2 aliphatic heterocycles. The average molecular weight is 454 g/mol. The van der Waals surface area contributed by atoms with Crippen LogP contribution < -0.4 is 10.1 Å². The van der Waals surface area contributed by atoms with Crippen LogP contribution in [0.25, 0.3) is 0 Å². The van der Waals surface area contributed by atoms with Crippen LogP contribution >= 0.6 is 0 Å². The van der Waals surface area contributed by atoms with Gasteiger partial charge in [-0.3, -0.25) is 4.79 Å². The van der Waals surface area contributed by atoms with Crippen molar-refractivity contribution in [3.8, 4) is 5.75 Å². The molecule has 2 heterocycles. The van der Waals surface area contributed by atoms with E-state index in [9.17, 15) is 23.1 Å². The molecule has 0 spiro atoms. The van der Waals surface area contributed by atoms with E-state index < -0.39 is 21.9 Å². The van der Waals surface area contributed by atoms with Crippen LogP contribution in [0.15, 0.2) is 34.4 Å². The van der Waals surface area contributed by atoms with Crippen LogP contribution in [0.3, 0.4) is 0 Å². The summed E-state index contributed by atoms with van der Waals surface area (Å²) in [6.45, 7) is 0.681. The number of rotatable bonds is 8. The van der Waals surface area contributed by atoms with Gasteiger partial charge in [-0.15, -0.1) is 0 Å². The van der Waals surface area contributed by atoms with Gasteiger partial charge in [0.05, 0.1) is 43.5 Å². The van der Waals surface area contributed by atoms with Gasteiger partial charge >= 0.3 is 5.97 Å². The minimum atomic E-state index is -3.71. The number of nitrogens with one attached hydrogen (secondary N) is 1. The first-order valence-corrected chi connectivity index (χ1v) is 11.4. The first-order chi connectivity index (χ1) is 14.8. The van der Waals surface area contributed by atoms with E-state index in [1.54, 1.807) is 0 Å². The molecule has 1 amide bonds. The third-order valence-electron chi connectivity index (χ3n) is 5.34. The lowest BCUT2D eigenvalue weighted by Gasteiger charge is -2.26. The number of carbonyl (C=O) groups excluding carboxylic acids is 2. The third kappa shape index (κ3) is 4.68. The quantitative estimate of drug-likeness (QED) is 0.547. The van der Waals surface area contributed by atoms with Gasteiger partial charge < -0.3 is 24.8 Å². The summed E-state index contributed by atoms with van der Waals surface area (Å²) in [5.74, 6) is -0.879. The van der Waals surface area contributed by atoms with Crippen molar-refractivity contribution in [1.82, 2.24) is 9.21 Å². The lowest BCUT2D eigenvalue weighted by atomic mass is 10.2. The molecule has 0 radical (unpaired) electrons. The molecule has 10 nitrogen and oxygen atoms in total. The molecule has 0 unspecified atom stereocenters. The number of aliphatic hydroxyl groups excluding tert-OH is 1. The number of hydrogen-bond donors (Lipinski definition) is 2. The van der Waals surface area contributed by atoms with Crippen LogP contribution in [-0.2, 0) is 24.3 Å². The van der Waals surface area contributed by atoms with Crippen molar-refractivity contribution in [2.75, 3.05) is 52.3 Å². The van der Waals surface area contributed by atoms with Gasteiger partial charge in [-0.1, -0.05) is 6.42 Å². The second-order valence-electron chi connectivity index (χ2n) is 7.25. The van der Waals surface area contributed by atoms with Gasteiger partial charge in [-0.2, -0.15) is 4.31 Å². The van der Waals surface area contributed by atoms with Gasteiger partial charge in [0.1, 0.15) is 11.4 Å². The summed E-state index contributed by atoms with van der Waals surface area (Å²) in [4.78, 5) is 26.3. The van der Waals surface area contributed by atoms with Gasteiger partial charge in [-0.05, 0) is 31.0 Å². The maximum absolute atomic E-state index is 13.1. The maximum atomic E-state index is 13.1. The molecule has 11 heteroatoms. The van der Waals surface area contributed by atoms with Crippen LogP contribution in [0.1, 0.15) is 19.3 Å². The van der Waals surface area contributed by atoms with E-state index >= 15 is 0 Å². The highest BCUT2D eigenvalue weighted by Crippen LogP contribution is 2.32. The number of sulfonamides is 1. The Bertz CT molecular complexity index is 984. The Kier molecular flexibility index (Phi) is 7.19. The molecule has 2 aliphatic rings. The van der Waals surface area contributed by atoms with E-state index in [1.165, 1.54) is 41.6 Å². The van der Waals surface area contributed by atoms with Gasteiger partial charge in [0.2, 0.25) is 10.0 Å². The van der Waals surface area contributed by atoms with Crippen molar-refractivity contribution in [3.63, 3.8) is 0 Å². The van der Waals surface area contributed by atoms with E-state index in [2.05, 4.69) is 5.32 Å². The molecule has 3 rings (SSSR count). The van der Waals surface area contributed by atoms with Gasteiger partial charge in [-0.25, -0.2) is 13.2 Å². The zero-order valence-corrected chi connectivity index (χ0v) is 18.4. The minimum absolute atomic E-state index is 0.0253. The second-order valence-corrected chi connectivity index (χ2v) is 9.19. The zero-order chi connectivity index (χ0) is 22.6. The number of esters is 1. The highest BCUT2D eigenvalue weighted by molar-refractivity contribution is 7.89. The van der Waals surface area contributed by atoms with Gasteiger partial charge in [0.25, 0.3) is 5.91 Å². The van der Waals surface area contributed by atoms with Gasteiger partial charge in [0.15, 0.2) is 0 Å². The molecule has 31 heavy (non-hydrogen) atoms. The molecule has 2 N–H and O–H groups in total. The minimum Gasteiger partial charge on any atom is -0.495 e. The predicted molar refractivity (Wildman–Crippen MR) is 112 cm³/mol. The third-order valence-corrected chi connectivity index (χ3v) is 7.23. The lowest BCUT2D eigenvalue weighted by molar-refractivity contribution is -0.136. The number of amides is 1. The highest BCUT2D eigenvalue weighted by atomic mass is 32.2. The number of piperidine rings is 1. The number of ether oxygens (including phenoxy) is 2. The molecular formula is C20H27N3O7S. The fourth-order valence-corrected chi connectivity index (χ4v) is 5.23. The van der Waals surface area contributed by atoms with E-state index in [0.717, 1.165) is 19.3 Å². The summed E-state index contributed by atoms with van der Waals surface area (Å²) in [6, 6.07) is 4.35. The predicted octanol–water partition coefficient (Wildman–Crippen LogP) is 0.543. The Morgan fingerprint density at radius 1 is 1.19 bits per heavy atom. The Morgan fingerprint density at radius 3 is 2.52 bits per heavy atom. The number of anilines is 1. The average Bonchev–Trinajstić information content (AvgIpc) is 3.09. The Labute approximate surface area is 181 Å². The molecule has 170 valence electrons. The Balaban J connectivity index is 1.98. The molecule has 0 aromatic heterocycles. The molecule has 0 saturated carbocycles. The molecule has 1 aromatic carbocycles. The molecule has 0 aliphatic carbocycles. The molecular weight excluding hydrogens is 426 g/mol. The van der Waals surface area contributed by atoms with E-state index in [4.69, 9.17) is 9.47 Å². The van der Waals surface area contributed by atoms with Crippen molar-refractivity contribution >= 4 is 27.6 Å². The van der Waals surface area contributed by atoms with Crippen molar-refractivity contribution in [2.45, 2.75) is 24.2 Å². The summed E-state index contributed by atoms with van der Waals surface area (Å²) >= 11 is 0. The number of aliphatic hydroxyl groups is 1. The standard InChI is InChI=1S/C20H27N3O7S/c1-29-17-7-6-14(31(27,28)23-8-4-3-5-9-23)12-16(17)21-18-15(20(26)30-2)13-22(10-11-24)19(18)25/h6-7,12,21,24H,3-5,8-11,13H2,1-2H3. The van der Waals surface area contributed by atoms with E-state index in [-0.39, 0.29) is 41.5 Å². The van der Waals surface area contributed by atoms with Crippen LogP contribution in [0.2, 0.25) is 0 Å². The monoisotopic (exact) mass is 453 g/mol. The number of methoxy groups -OCH3 is 2. The summed E-state index contributed by atoms with van der Waals surface area (Å²) in [6.07, 6.45) is 2.62. The van der Waals surface area contributed by atoms with Crippen LogP contribution in [0.4, 0.5) is 5.69 Å². The summed E-state index contributed by atoms with van der Waals surface area (Å²) < 4.78 is 37.7. The first kappa shape index (κ1) is 23.0. The van der Waals surface area contributed by atoms with Crippen molar-refractivity contribution in [2.24, 2.45) is 0 Å². The maximum Gasteiger partial charge on any atom is 0.337 e. The van der Waals surface area contributed by atoms with Crippen molar-refractivity contribution < 1.29 is 32.6 Å². The zero-order valence-electron chi connectivity index (χ0n) is 17.6. The molecule has 0 atom stereocenters. The summed E-state index contributed by atoms with van der Waals surface area (Å²) in [5, 5.41) is 12.1. The number of nitrogens with zero attached hydrogens (tertiary/aromatic N) is 2. The number of hydrogen-bond acceptors (Lipinski definition) is 8. The number of β-amino-alcohol motifs (C(OH)–C–C–N with tert-alkyl or cyclic N) is 1. The first-order valence-electron chi connectivity index (χ1n) is 10.00. The Morgan fingerprint density at radius 2 is 1.90 bits per heavy atom. The fraction of sp³-hybridized carbons (Fsp3) is 0.500. The van der Waals surface area contributed by atoms with E-state index in [0.29, 0.717) is 18.8 Å². The summed E-state index contributed by atoms with van der Waals surface area (Å²) in [5.41, 5.74) is 0.287. The smallest absolute Gasteiger partial charge is 0.337 e. The van der Waals surface area contributed by atoms with Gasteiger partial charge in [0, 0.05) is 19.6 Å². The highest BCUT2D eigenvalue weighted by Gasteiger charge is 2.35. The lowest BCUT2D eigenvalue weighted by Crippen LogP contribution is -2.35. The van der Waals surface area contributed by atoms with Crippen LogP contribution in [0.5, 0.6) is 5.75 Å². The number of benzene rings is 1. The molecule has 1 fully saturated rings. The normalized spacial score (nSPS) is 17.8.